The Kier molecular flexibility index (Phi) is 7.63. The highest BCUT2D eigenvalue weighted by molar-refractivity contribution is 7.11. The Hall–Kier alpha value is -2.35. The van der Waals surface area contributed by atoms with E-state index < -0.39 is 42.1 Å². The van der Waals surface area contributed by atoms with E-state index in [0.717, 1.165) is 11.3 Å². The second-order valence-corrected chi connectivity index (χ2v) is 6.21. The summed E-state index contributed by atoms with van der Waals surface area (Å²) >= 11 is 0.966. The van der Waals surface area contributed by atoms with Gasteiger partial charge in [-0.15, -0.1) is 10.2 Å². The number of primary amides is 1. The molecular weight excluding hydrogens is 356 g/mol. The number of nitrogens with two attached hydrogens (primary N) is 2. The molecule has 1 rings (SSSR count). The average molecular weight is 376 g/mol. The molecule has 0 bridgehead atoms. The van der Waals surface area contributed by atoms with E-state index in [1.807, 2.05) is 0 Å². The van der Waals surface area contributed by atoms with Gasteiger partial charge >= 0.3 is 12.0 Å². The van der Waals surface area contributed by atoms with Crippen molar-refractivity contribution in [3.63, 3.8) is 0 Å². The summed E-state index contributed by atoms with van der Waals surface area (Å²) in [5, 5.41) is 39.8. The molecule has 0 aliphatic carbocycles. The molecular formula is C12H20N6O6S. The van der Waals surface area contributed by atoms with Gasteiger partial charge in [0.15, 0.2) is 6.04 Å². The molecule has 1 aromatic rings. The molecule has 0 aliphatic heterocycles. The number of carbonyl (C=O) groups excluding carboxylic acids is 2. The highest BCUT2D eigenvalue weighted by Crippen LogP contribution is 2.23. The summed E-state index contributed by atoms with van der Waals surface area (Å²) in [6.07, 6.45) is -1.66. The lowest BCUT2D eigenvalue weighted by atomic mass is 10.2. The molecule has 0 radical (unpaired) electrons. The molecule has 25 heavy (non-hydrogen) atoms. The lowest BCUT2D eigenvalue weighted by Crippen LogP contribution is -2.51. The third-order valence-electron chi connectivity index (χ3n) is 3.01. The zero-order chi connectivity index (χ0) is 19.1. The number of aliphatic hydroxyl groups excluding tert-OH is 2. The minimum absolute atomic E-state index is 0.205. The Morgan fingerprint density at radius 3 is 2.32 bits per heavy atom. The lowest BCUT2D eigenvalue weighted by Gasteiger charge is -2.20. The molecule has 4 atom stereocenters. The molecule has 1 aromatic heterocycles. The zero-order valence-electron chi connectivity index (χ0n) is 13.2. The SMILES string of the molecule is CC(O)[C@H](NC(=O)N[C@@H](CC(N)=O)c1nnc([C@@H](N)CO)s1)C(=O)O. The quantitative estimate of drug-likeness (QED) is 0.244. The fourth-order valence-electron chi connectivity index (χ4n) is 1.75. The van der Waals surface area contributed by atoms with Crippen molar-refractivity contribution in [3.8, 4) is 0 Å². The molecule has 140 valence electrons. The maximum absolute atomic E-state index is 12.0. The summed E-state index contributed by atoms with van der Waals surface area (Å²) < 4.78 is 0. The molecule has 0 fully saturated rings. The average Bonchev–Trinajstić information content (AvgIpc) is 3.00. The first-order valence-electron chi connectivity index (χ1n) is 7.11. The van der Waals surface area contributed by atoms with E-state index in [9.17, 15) is 19.5 Å². The van der Waals surface area contributed by atoms with Crippen molar-refractivity contribution in [1.29, 1.82) is 0 Å². The number of aromatic nitrogens is 2. The van der Waals surface area contributed by atoms with E-state index in [-0.39, 0.29) is 18.0 Å². The Labute approximate surface area is 146 Å². The third kappa shape index (κ3) is 6.22. The summed E-state index contributed by atoms with van der Waals surface area (Å²) in [6.45, 7) is 0.838. The fourth-order valence-corrected chi connectivity index (χ4v) is 2.63. The Morgan fingerprint density at radius 2 is 1.84 bits per heavy atom. The number of rotatable bonds is 9. The fraction of sp³-hybridized carbons (Fsp3) is 0.583. The second-order valence-electron chi connectivity index (χ2n) is 5.16. The number of carboxylic acid groups (broad SMARTS) is 1. The van der Waals surface area contributed by atoms with Gasteiger partial charge in [-0.2, -0.15) is 0 Å². The van der Waals surface area contributed by atoms with Crippen LogP contribution in [0.5, 0.6) is 0 Å². The van der Waals surface area contributed by atoms with E-state index in [0.29, 0.717) is 5.01 Å². The molecule has 0 spiro atoms. The van der Waals surface area contributed by atoms with Gasteiger partial charge in [-0.25, -0.2) is 9.59 Å². The van der Waals surface area contributed by atoms with Gasteiger partial charge < -0.3 is 37.4 Å². The second kappa shape index (κ2) is 9.22. The number of nitrogens with zero attached hydrogens (tertiary/aromatic N) is 2. The monoisotopic (exact) mass is 376 g/mol. The van der Waals surface area contributed by atoms with E-state index in [2.05, 4.69) is 20.8 Å². The molecule has 12 nitrogen and oxygen atoms in total. The van der Waals surface area contributed by atoms with Crippen LogP contribution in [0.4, 0.5) is 4.79 Å². The molecule has 13 heteroatoms. The van der Waals surface area contributed by atoms with E-state index in [1.54, 1.807) is 0 Å². The summed E-state index contributed by atoms with van der Waals surface area (Å²) in [4.78, 5) is 34.2. The molecule has 0 saturated carbocycles. The molecule has 3 amide bonds. The number of nitrogens with one attached hydrogen (secondary N) is 2. The third-order valence-corrected chi connectivity index (χ3v) is 4.18. The summed E-state index contributed by atoms with van der Waals surface area (Å²) in [6, 6.07) is -4.22. The maximum atomic E-state index is 12.0. The predicted molar refractivity (Wildman–Crippen MR) is 85.2 cm³/mol. The van der Waals surface area contributed by atoms with Crippen LogP contribution in [0.2, 0.25) is 0 Å². The van der Waals surface area contributed by atoms with Crippen LogP contribution in [0.15, 0.2) is 0 Å². The Morgan fingerprint density at radius 1 is 1.24 bits per heavy atom. The summed E-state index contributed by atoms with van der Waals surface area (Å²) in [5.74, 6) is -2.16. The number of aliphatic carboxylic acids is 1. The predicted octanol–water partition coefficient (Wildman–Crippen LogP) is -2.42. The minimum Gasteiger partial charge on any atom is -0.480 e. The van der Waals surface area contributed by atoms with E-state index in [1.165, 1.54) is 6.92 Å². The standard InChI is InChI=1S/C12H20N6O6S/c1-4(20)8(11(22)23)16-12(24)15-6(2-7(14)21)10-18-17-9(25-10)5(13)3-19/h4-6,8,19-20H,2-3,13H2,1H3,(H2,14,21)(H,22,23)(H2,15,16,24)/t4?,5-,6-,8-/m0/s1. The van der Waals surface area contributed by atoms with Crippen LogP contribution in [0.1, 0.15) is 35.4 Å². The number of aliphatic hydroxyl groups is 2. The van der Waals surface area contributed by atoms with Gasteiger partial charge in [0.05, 0.1) is 31.2 Å². The van der Waals surface area contributed by atoms with Crippen LogP contribution in [0, 0.1) is 0 Å². The first-order chi connectivity index (χ1) is 11.6. The van der Waals surface area contributed by atoms with Gasteiger partial charge in [0.1, 0.15) is 10.0 Å². The van der Waals surface area contributed by atoms with Crippen molar-refractivity contribution in [1.82, 2.24) is 20.8 Å². The van der Waals surface area contributed by atoms with Crippen molar-refractivity contribution in [2.24, 2.45) is 11.5 Å². The lowest BCUT2D eigenvalue weighted by molar-refractivity contribution is -0.141. The number of carboxylic acids is 1. The number of amides is 3. The number of urea groups is 1. The van der Waals surface area contributed by atoms with Crippen LogP contribution >= 0.6 is 11.3 Å². The molecule has 9 N–H and O–H groups in total. The van der Waals surface area contributed by atoms with Crippen LogP contribution in [-0.2, 0) is 9.59 Å². The van der Waals surface area contributed by atoms with Crippen LogP contribution in [0.3, 0.4) is 0 Å². The first kappa shape index (κ1) is 20.7. The number of hydrogen-bond donors (Lipinski definition) is 7. The Bertz CT molecular complexity index is 623. The van der Waals surface area contributed by atoms with Crippen molar-refractivity contribution in [2.75, 3.05) is 6.61 Å². The largest absolute Gasteiger partial charge is 0.480 e. The van der Waals surface area contributed by atoms with Gasteiger partial charge in [-0.05, 0) is 6.92 Å². The molecule has 1 unspecified atom stereocenters. The van der Waals surface area contributed by atoms with Crippen LogP contribution in [-0.4, -0.2) is 62.2 Å². The van der Waals surface area contributed by atoms with E-state index >= 15 is 0 Å². The molecule has 1 heterocycles. The van der Waals surface area contributed by atoms with Gasteiger partial charge in [0.2, 0.25) is 5.91 Å². The highest BCUT2D eigenvalue weighted by Gasteiger charge is 2.28. The smallest absolute Gasteiger partial charge is 0.328 e. The van der Waals surface area contributed by atoms with Gasteiger partial charge in [0, 0.05) is 0 Å². The summed E-state index contributed by atoms with van der Waals surface area (Å²) in [5.41, 5.74) is 10.8. The van der Waals surface area contributed by atoms with Crippen molar-refractivity contribution < 1.29 is 29.7 Å². The van der Waals surface area contributed by atoms with Crippen molar-refractivity contribution in [2.45, 2.75) is 37.6 Å². The van der Waals surface area contributed by atoms with Gasteiger partial charge in [0.25, 0.3) is 0 Å². The molecule has 0 saturated heterocycles. The van der Waals surface area contributed by atoms with E-state index in [4.69, 9.17) is 21.7 Å². The van der Waals surface area contributed by atoms with Crippen molar-refractivity contribution >= 4 is 29.2 Å². The molecule has 0 aliphatic rings. The van der Waals surface area contributed by atoms with Gasteiger partial charge in [-0.1, -0.05) is 11.3 Å². The number of carbonyl (C=O) groups is 3. The van der Waals surface area contributed by atoms with Crippen LogP contribution in [0.25, 0.3) is 0 Å². The molecule has 0 aromatic carbocycles. The number of hydrogen-bond acceptors (Lipinski definition) is 9. The first-order valence-corrected chi connectivity index (χ1v) is 7.93. The maximum Gasteiger partial charge on any atom is 0.328 e. The highest BCUT2D eigenvalue weighted by atomic mass is 32.1. The summed E-state index contributed by atoms with van der Waals surface area (Å²) in [7, 11) is 0. The van der Waals surface area contributed by atoms with Gasteiger partial charge in [-0.3, -0.25) is 4.79 Å². The van der Waals surface area contributed by atoms with Crippen molar-refractivity contribution in [3.05, 3.63) is 10.0 Å². The minimum atomic E-state index is -1.54. The van der Waals surface area contributed by atoms with Crippen LogP contribution < -0.4 is 22.1 Å². The zero-order valence-corrected chi connectivity index (χ0v) is 14.1. The normalized spacial score (nSPS) is 15.7. The topological polar surface area (TPSA) is 214 Å². The Balaban J connectivity index is 2.89.